The van der Waals surface area contributed by atoms with E-state index in [0.29, 0.717) is 6.61 Å². The van der Waals surface area contributed by atoms with Gasteiger partial charge < -0.3 is 15.2 Å². The number of ether oxygens (including phenoxy) is 2. The van der Waals surface area contributed by atoms with Gasteiger partial charge in [-0.2, -0.15) is 0 Å². The molecule has 20 heavy (non-hydrogen) atoms. The lowest BCUT2D eigenvalue weighted by Crippen LogP contribution is -2.04. The smallest absolute Gasteiger partial charge is 0.165 e. The molecule has 106 valence electrons. The zero-order valence-electron chi connectivity index (χ0n) is 11.6. The van der Waals surface area contributed by atoms with Crippen LogP contribution in [0.3, 0.4) is 0 Å². The van der Waals surface area contributed by atoms with Crippen LogP contribution in [0.15, 0.2) is 42.5 Å². The molecular formula is C16H18FNO2. The second kappa shape index (κ2) is 6.39. The first-order valence-electron chi connectivity index (χ1n) is 6.41. The largest absolute Gasteiger partial charge is 0.494 e. The molecule has 0 aromatic heterocycles. The van der Waals surface area contributed by atoms with Crippen molar-refractivity contribution in [3.05, 3.63) is 59.4 Å². The van der Waals surface area contributed by atoms with Crippen molar-refractivity contribution in [2.45, 2.75) is 19.6 Å². The topological polar surface area (TPSA) is 44.5 Å². The number of methoxy groups -OCH3 is 1. The van der Waals surface area contributed by atoms with E-state index in [2.05, 4.69) is 0 Å². The lowest BCUT2D eigenvalue weighted by Gasteiger charge is -2.10. The summed E-state index contributed by atoms with van der Waals surface area (Å²) in [4.78, 5) is 0. The summed E-state index contributed by atoms with van der Waals surface area (Å²) in [5.74, 6) is 0.571. The molecule has 0 radical (unpaired) electrons. The molecule has 2 rings (SSSR count). The summed E-state index contributed by atoms with van der Waals surface area (Å²) in [6.07, 6.45) is 0. The van der Waals surface area contributed by atoms with Gasteiger partial charge in [0.2, 0.25) is 0 Å². The Morgan fingerprint density at radius 3 is 2.40 bits per heavy atom. The zero-order chi connectivity index (χ0) is 14.5. The van der Waals surface area contributed by atoms with Crippen LogP contribution < -0.4 is 15.2 Å². The van der Waals surface area contributed by atoms with E-state index in [9.17, 15) is 4.39 Å². The molecule has 2 aromatic rings. The van der Waals surface area contributed by atoms with E-state index >= 15 is 0 Å². The second-order valence-corrected chi connectivity index (χ2v) is 4.62. The van der Waals surface area contributed by atoms with Crippen molar-refractivity contribution in [2.24, 2.45) is 5.73 Å². The van der Waals surface area contributed by atoms with Crippen LogP contribution in [-0.2, 0) is 6.61 Å². The minimum Gasteiger partial charge on any atom is -0.494 e. The fourth-order valence-corrected chi connectivity index (χ4v) is 1.83. The molecule has 2 aromatic carbocycles. The summed E-state index contributed by atoms with van der Waals surface area (Å²) >= 11 is 0. The van der Waals surface area contributed by atoms with Crippen LogP contribution >= 0.6 is 0 Å². The van der Waals surface area contributed by atoms with Crippen LogP contribution in [0.1, 0.15) is 24.1 Å². The summed E-state index contributed by atoms with van der Waals surface area (Å²) < 4.78 is 24.0. The molecule has 0 saturated heterocycles. The van der Waals surface area contributed by atoms with Crippen molar-refractivity contribution in [1.82, 2.24) is 0 Å². The highest BCUT2D eigenvalue weighted by Crippen LogP contribution is 2.20. The molecule has 2 N–H and O–H groups in total. The van der Waals surface area contributed by atoms with Gasteiger partial charge in [0, 0.05) is 6.04 Å². The highest BCUT2D eigenvalue weighted by Gasteiger charge is 2.04. The highest BCUT2D eigenvalue weighted by atomic mass is 19.1. The third-order valence-corrected chi connectivity index (χ3v) is 3.03. The summed E-state index contributed by atoms with van der Waals surface area (Å²) in [5.41, 5.74) is 7.58. The molecule has 0 amide bonds. The van der Waals surface area contributed by atoms with Crippen LogP contribution in [0.4, 0.5) is 4.39 Å². The third-order valence-electron chi connectivity index (χ3n) is 3.03. The monoisotopic (exact) mass is 275 g/mol. The van der Waals surface area contributed by atoms with Crippen LogP contribution in [-0.4, -0.2) is 7.11 Å². The lowest BCUT2D eigenvalue weighted by molar-refractivity contribution is 0.304. The average Bonchev–Trinajstić information content (AvgIpc) is 2.45. The number of hydrogen-bond donors (Lipinski definition) is 1. The molecule has 0 aliphatic heterocycles. The molecule has 3 nitrogen and oxygen atoms in total. The van der Waals surface area contributed by atoms with Crippen molar-refractivity contribution < 1.29 is 13.9 Å². The predicted molar refractivity (Wildman–Crippen MR) is 76.3 cm³/mol. The molecule has 0 heterocycles. The predicted octanol–water partition coefficient (Wildman–Crippen LogP) is 3.43. The average molecular weight is 275 g/mol. The highest BCUT2D eigenvalue weighted by molar-refractivity contribution is 5.31. The van der Waals surface area contributed by atoms with E-state index in [1.807, 2.05) is 31.2 Å². The molecule has 1 atom stereocenters. The van der Waals surface area contributed by atoms with Crippen LogP contribution in [0.2, 0.25) is 0 Å². The quantitative estimate of drug-likeness (QED) is 0.909. The molecule has 0 spiro atoms. The van der Waals surface area contributed by atoms with Gasteiger partial charge in [-0.05, 0) is 42.3 Å². The van der Waals surface area contributed by atoms with Gasteiger partial charge in [0.15, 0.2) is 11.6 Å². The van der Waals surface area contributed by atoms with E-state index in [1.165, 1.54) is 13.2 Å². The van der Waals surface area contributed by atoms with Gasteiger partial charge in [-0.3, -0.25) is 0 Å². The Morgan fingerprint density at radius 2 is 1.85 bits per heavy atom. The van der Waals surface area contributed by atoms with E-state index in [0.717, 1.165) is 16.9 Å². The SMILES string of the molecule is COc1ccc(COc2ccc(C(C)N)cc2)cc1F. The minimum absolute atomic E-state index is 0.000246. The van der Waals surface area contributed by atoms with Crippen molar-refractivity contribution in [3.63, 3.8) is 0 Å². The molecule has 0 aliphatic rings. The lowest BCUT2D eigenvalue weighted by atomic mass is 10.1. The summed E-state index contributed by atoms with van der Waals surface area (Å²) in [6, 6.07) is 12.3. The summed E-state index contributed by atoms with van der Waals surface area (Å²) in [7, 11) is 1.44. The Balaban J connectivity index is 1.99. The Kier molecular flexibility index (Phi) is 4.58. The minimum atomic E-state index is -0.388. The van der Waals surface area contributed by atoms with Gasteiger partial charge in [0.25, 0.3) is 0 Å². The van der Waals surface area contributed by atoms with E-state index in [-0.39, 0.29) is 17.6 Å². The number of benzene rings is 2. The summed E-state index contributed by atoms with van der Waals surface area (Å²) in [6.45, 7) is 2.23. The first-order valence-corrected chi connectivity index (χ1v) is 6.41. The van der Waals surface area contributed by atoms with Gasteiger partial charge >= 0.3 is 0 Å². The number of hydrogen-bond acceptors (Lipinski definition) is 3. The van der Waals surface area contributed by atoms with Crippen molar-refractivity contribution >= 4 is 0 Å². The Bertz CT molecular complexity index is 567. The zero-order valence-corrected chi connectivity index (χ0v) is 11.6. The van der Waals surface area contributed by atoms with E-state index in [1.54, 1.807) is 12.1 Å². The summed E-state index contributed by atoms with van der Waals surface area (Å²) in [5, 5.41) is 0. The van der Waals surface area contributed by atoms with Gasteiger partial charge in [-0.15, -0.1) is 0 Å². The maximum Gasteiger partial charge on any atom is 0.165 e. The molecule has 4 heteroatoms. The maximum absolute atomic E-state index is 13.5. The first-order chi connectivity index (χ1) is 9.60. The fraction of sp³-hybridized carbons (Fsp3) is 0.250. The van der Waals surface area contributed by atoms with Gasteiger partial charge in [0.1, 0.15) is 12.4 Å². The molecule has 0 saturated carbocycles. The maximum atomic E-state index is 13.5. The Labute approximate surface area is 118 Å². The number of nitrogens with two attached hydrogens (primary N) is 1. The molecule has 0 fully saturated rings. The molecular weight excluding hydrogens is 257 g/mol. The van der Waals surface area contributed by atoms with E-state index < -0.39 is 0 Å². The van der Waals surface area contributed by atoms with E-state index in [4.69, 9.17) is 15.2 Å². The third kappa shape index (κ3) is 3.48. The van der Waals surface area contributed by atoms with Crippen LogP contribution in [0.25, 0.3) is 0 Å². The van der Waals surface area contributed by atoms with Crippen LogP contribution in [0, 0.1) is 5.82 Å². The fourth-order valence-electron chi connectivity index (χ4n) is 1.83. The van der Waals surface area contributed by atoms with Gasteiger partial charge in [0.05, 0.1) is 7.11 Å². The molecule has 0 bridgehead atoms. The normalized spacial score (nSPS) is 12.0. The second-order valence-electron chi connectivity index (χ2n) is 4.62. The Hall–Kier alpha value is -2.07. The number of rotatable bonds is 5. The van der Waals surface area contributed by atoms with Crippen molar-refractivity contribution in [1.29, 1.82) is 0 Å². The standard InChI is InChI=1S/C16H18FNO2/c1-11(18)13-4-6-14(7-5-13)20-10-12-3-8-16(19-2)15(17)9-12/h3-9,11H,10,18H2,1-2H3. The first kappa shape index (κ1) is 14.3. The van der Waals surface area contributed by atoms with Gasteiger partial charge in [-0.25, -0.2) is 4.39 Å². The molecule has 1 unspecified atom stereocenters. The van der Waals surface area contributed by atoms with Crippen LogP contribution in [0.5, 0.6) is 11.5 Å². The van der Waals surface area contributed by atoms with Crippen molar-refractivity contribution in [2.75, 3.05) is 7.11 Å². The number of halogens is 1. The Morgan fingerprint density at radius 1 is 1.15 bits per heavy atom. The van der Waals surface area contributed by atoms with Gasteiger partial charge in [-0.1, -0.05) is 18.2 Å². The molecule has 0 aliphatic carbocycles. The van der Waals surface area contributed by atoms with Crippen molar-refractivity contribution in [3.8, 4) is 11.5 Å².